The molecule has 14 heavy (non-hydrogen) atoms. The number of nitrogens with two attached hydrogens (primary N) is 1. The molecule has 0 saturated carbocycles. The Morgan fingerprint density at radius 1 is 1.50 bits per heavy atom. The van der Waals surface area contributed by atoms with Gasteiger partial charge < -0.3 is 15.8 Å². The first-order chi connectivity index (χ1) is 6.35. The number of aliphatic imine (C=N–C) groups is 1. The van der Waals surface area contributed by atoms with Crippen LogP contribution in [-0.2, 0) is 4.74 Å². The lowest BCUT2D eigenvalue weighted by Gasteiger charge is -2.21. The lowest BCUT2D eigenvalue weighted by Crippen LogP contribution is -2.45. The third-order valence-electron chi connectivity index (χ3n) is 1.60. The van der Waals surface area contributed by atoms with E-state index >= 15 is 0 Å². The normalized spacial score (nSPS) is 15.4. The predicted molar refractivity (Wildman–Crippen MR) is 60.5 cm³/mol. The Morgan fingerprint density at radius 2 is 2.07 bits per heavy atom. The van der Waals surface area contributed by atoms with Crippen LogP contribution in [0.1, 0.15) is 34.1 Å². The topological polar surface area (TPSA) is 59.6 Å². The Hall–Kier alpha value is -0.770. The van der Waals surface area contributed by atoms with Gasteiger partial charge in [-0.1, -0.05) is 0 Å². The minimum atomic E-state index is -0.0332. The van der Waals surface area contributed by atoms with Crippen molar-refractivity contribution >= 4 is 5.96 Å². The van der Waals surface area contributed by atoms with E-state index in [0.29, 0.717) is 12.6 Å². The summed E-state index contributed by atoms with van der Waals surface area (Å²) >= 11 is 0. The SMILES string of the molecule is COCCC(C)N=C(N)NC(C)(C)C. The van der Waals surface area contributed by atoms with Gasteiger partial charge in [0.25, 0.3) is 0 Å². The molecule has 0 aliphatic rings. The number of nitrogens with one attached hydrogen (secondary N) is 1. The van der Waals surface area contributed by atoms with Crippen molar-refractivity contribution in [1.29, 1.82) is 0 Å². The third kappa shape index (κ3) is 7.86. The van der Waals surface area contributed by atoms with Crippen molar-refractivity contribution in [2.45, 2.75) is 45.7 Å². The fraction of sp³-hybridized carbons (Fsp3) is 0.900. The summed E-state index contributed by atoms with van der Waals surface area (Å²) in [5, 5.41) is 3.11. The Labute approximate surface area is 86.9 Å². The number of hydrogen-bond donors (Lipinski definition) is 2. The van der Waals surface area contributed by atoms with Crippen LogP contribution in [0, 0.1) is 0 Å². The van der Waals surface area contributed by atoms with Gasteiger partial charge in [-0.3, -0.25) is 4.99 Å². The molecule has 0 rings (SSSR count). The van der Waals surface area contributed by atoms with E-state index in [1.54, 1.807) is 7.11 Å². The molecule has 0 aromatic rings. The molecule has 0 amide bonds. The van der Waals surface area contributed by atoms with E-state index in [9.17, 15) is 0 Å². The van der Waals surface area contributed by atoms with Crippen molar-refractivity contribution in [1.82, 2.24) is 5.32 Å². The zero-order chi connectivity index (χ0) is 11.2. The molecule has 0 aliphatic heterocycles. The van der Waals surface area contributed by atoms with E-state index in [0.717, 1.165) is 6.42 Å². The fourth-order valence-electron chi connectivity index (χ4n) is 1.01. The van der Waals surface area contributed by atoms with Crippen LogP contribution < -0.4 is 11.1 Å². The first-order valence-corrected chi connectivity index (χ1v) is 4.95. The van der Waals surface area contributed by atoms with Crippen LogP contribution in [0.2, 0.25) is 0 Å². The third-order valence-corrected chi connectivity index (χ3v) is 1.60. The summed E-state index contributed by atoms with van der Waals surface area (Å²) in [7, 11) is 1.69. The van der Waals surface area contributed by atoms with Gasteiger partial charge >= 0.3 is 0 Å². The summed E-state index contributed by atoms with van der Waals surface area (Å²) in [5.41, 5.74) is 5.70. The molecule has 4 nitrogen and oxygen atoms in total. The maximum absolute atomic E-state index is 5.73. The number of nitrogens with zero attached hydrogens (tertiary/aromatic N) is 1. The molecule has 0 spiro atoms. The van der Waals surface area contributed by atoms with Gasteiger partial charge in [-0.25, -0.2) is 0 Å². The molecule has 0 radical (unpaired) electrons. The van der Waals surface area contributed by atoms with E-state index in [2.05, 4.69) is 31.1 Å². The van der Waals surface area contributed by atoms with Crippen LogP contribution in [-0.4, -0.2) is 31.3 Å². The zero-order valence-corrected chi connectivity index (χ0v) is 9.92. The van der Waals surface area contributed by atoms with Crippen molar-refractivity contribution in [3.05, 3.63) is 0 Å². The molecule has 0 fully saturated rings. The second-order valence-electron chi connectivity index (χ2n) is 4.52. The molecule has 84 valence electrons. The van der Waals surface area contributed by atoms with E-state index in [4.69, 9.17) is 10.5 Å². The lowest BCUT2D eigenvalue weighted by molar-refractivity contribution is 0.190. The summed E-state index contributed by atoms with van der Waals surface area (Å²) in [4.78, 5) is 4.30. The predicted octanol–water partition coefficient (Wildman–Crippen LogP) is 1.11. The number of methoxy groups -OCH3 is 1. The highest BCUT2D eigenvalue weighted by Crippen LogP contribution is 2.00. The van der Waals surface area contributed by atoms with Crippen molar-refractivity contribution in [2.24, 2.45) is 10.7 Å². The van der Waals surface area contributed by atoms with Crippen LogP contribution >= 0.6 is 0 Å². The summed E-state index contributed by atoms with van der Waals surface area (Å²) in [6, 6.07) is 0.199. The molecule has 0 heterocycles. The van der Waals surface area contributed by atoms with Crippen LogP contribution in [0.5, 0.6) is 0 Å². The smallest absolute Gasteiger partial charge is 0.189 e. The van der Waals surface area contributed by atoms with Gasteiger partial charge in [0.05, 0.1) is 6.04 Å². The standard InChI is InChI=1S/C10H23N3O/c1-8(6-7-14-5)12-9(11)13-10(2,3)4/h8H,6-7H2,1-5H3,(H3,11,12,13). The molecular formula is C10H23N3O. The van der Waals surface area contributed by atoms with Gasteiger partial charge in [-0.05, 0) is 34.1 Å². The Morgan fingerprint density at radius 3 is 2.50 bits per heavy atom. The monoisotopic (exact) mass is 201 g/mol. The van der Waals surface area contributed by atoms with Gasteiger partial charge in [-0.2, -0.15) is 0 Å². The van der Waals surface area contributed by atoms with Crippen molar-refractivity contribution < 1.29 is 4.74 Å². The molecular weight excluding hydrogens is 178 g/mol. The van der Waals surface area contributed by atoms with Gasteiger partial charge in [0.15, 0.2) is 5.96 Å². The summed E-state index contributed by atoms with van der Waals surface area (Å²) in [6.07, 6.45) is 0.892. The highest BCUT2D eigenvalue weighted by atomic mass is 16.5. The van der Waals surface area contributed by atoms with Crippen LogP contribution in [0.4, 0.5) is 0 Å². The molecule has 4 heteroatoms. The molecule has 0 bridgehead atoms. The van der Waals surface area contributed by atoms with E-state index < -0.39 is 0 Å². The van der Waals surface area contributed by atoms with Crippen LogP contribution in [0.25, 0.3) is 0 Å². The molecule has 3 N–H and O–H groups in total. The number of ether oxygens (including phenoxy) is 1. The summed E-state index contributed by atoms with van der Waals surface area (Å²) < 4.78 is 4.96. The lowest BCUT2D eigenvalue weighted by atomic mass is 10.1. The average molecular weight is 201 g/mol. The van der Waals surface area contributed by atoms with E-state index in [-0.39, 0.29) is 11.6 Å². The Balaban J connectivity index is 3.96. The van der Waals surface area contributed by atoms with Gasteiger partial charge in [0, 0.05) is 19.3 Å². The first kappa shape index (κ1) is 13.2. The maximum Gasteiger partial charge on any atom is 0.189 e. The second kappa shape index (κ2) is 5.86. The molecule has 0 aromatic carbocycles. The zero-order valence-electron chi connectivity index (χ0n) is 9.92. The minimum Gasteiger partial charge on any atom is -0.385 e. The van der Waals surface area contributed by atoms with Crippen molar-refractivity contribution in [2.75, 3.05) is 13.7 Å². The maximum atomic E-state index is 5.73. The summed E-state index contributed by atoms with van der Waals surface area (Å²) in [6.45, 7) is 8.89. The Kier molecular flexibility index (Phi) is 5.53. The molecule has 0 saturated heterocycles. The largest absolute Gasteiger partial charge is 0.385 e. The molecule has 0 aliphatic carbocycles. The van der Waals surface area contributed by atoms with Gasteiger partial charge in [0.1, 0.15) is 0 Å². The van der Waals surface area contributed by atoms with Gasteiger partial charge in [-0.15, -0.1) is 0 Å². The average Bonchev–Trinajstić information content (AvgIpc) is 1.96. The minimum absolute atomic E-state index is 0.0332. The molecule has 1 unspecified atom stereocenters. The van der Waals surface area contributed by atoms with Crippen LogP contribution in [0.15, 0.2) is 4.99 Å². The second-order valence-corrected chi connectivity index (χ2v) is 4.52. The highest BCUT2D eigenvalue weighted by Gasteiger charge is 2.10. The highest BCUT2D eigenvalue weighted by molar-refractivity contribution is 5.78. The van der Waals surface area contributed by atoms with Crippen molar-refractivity contribution in [3.63, 3.8) is 0 Å². The fourth-order valence-corrected chi connectivity index (χ4v) is 1.01. The number of hydrogen-bond acceptors (Lipinski definition) is 2. The van der Waals surface area contributed by atoms with Crippen LogP contribution in [0.3, 0.4) is 0 Å². The van der Waals surface area contributed by atoms with E-state index in [1.165, 1.54) is 0 Å². The Bertz CT molecular complexity index is 184. The van der Waals surface area contributed by atoms with Crippen molar-refractivity contribution in [3.8, 4) is 0 Å². The quantitative estimate of drug-likeness (QED) is 0.529. The molecule has 0 aromatic heterocycles. The summed E-state index contributed by atoms with van der Waals surface area (Å²) in [5.74, 6) is 0.501. The molecule has 1 atom stereocenters. The van der Waals surface area contributed by atoms with Gasteiger partial charge in [0.2, 0.25) is 0 Å². The van der Waals surface area contributed by atoms with E-state index in [1.807, 2.05) is 6.92 Å². The number of guanidine groups is 1. The first-order valence-electron chi connectivity index (χ1n) is 4.95. The number of rotatable bonds is 4.